The summed E-state index contributed by atoms with van der Waals surface area (Å²) in [5.74, 6) is 0.554. The van der Waals surface area contributed by atoms with Crippen LogP contribution in [0, 0.1) is 5.82 Å². The van der Waals surface area contributed by atoms with Crippen LogP contribution >= 0.6 is 0 Å². The van der Waals surface area contributed by atoms with E-state index in [1.165, 1.54) is 6.07 Å². The summed E-state index contributed by atoms with van der Waals surface area (Å²) >= 11 is 0. The molecule has 31 heavy (non-hydrogen) atoms. The Morgan fingerprint density at radius 3 is 2.74 bits per heavy atom. The number of likely N-dealkylation sites (N-methyl/N-ethyl adjacent to an activating group) is 1. The average molecular weight is 420 g/mol. The number of fused-ring (bicyclic) bond motifs is 2. The van der Waals surface area contributed by atoms with Crippen molar-refractivity contribution in [3.63, 3.8) is 0 Å². The maximum Gasteiger partial charge on any atom is 0.173 e. The molecule has 1 saturated heterocycles. The predicted octanol–water partition coefficient (Wildman–Crippen LogP) is 3.63. The molecule has 0 spiro atoms. The van der Waals surface area contributed by atoms with E-state index in [-0.39, 0.29) is 17.3 Å². The second-order valence-corrected chi connectivity index (χ2v) is 8.75. The van der Waals surface area contributed by atoms with Gasteiger partial charge in [0.25, 0.3) is 0 Å². The van der Waals surface area contributed by atoms with Crippen molar-refractivity contribution in [2.24, 2.45) is 0 Å². The van der Waals surface area contributed by atoms with Crippen LogP contribution in [0.2, 0.25) is 0 Å². The number of nitrogens with zero attached hydrogens (tertiary/aromatic N) is 5. The normalized spacial score (nSPS) is 22.4. The van der Waals surface area contributed by atoms with Crippen LogP contribution in [0.5, 0.6) is 0 Å². The fourth-order valence-corrected chi connectivity index (χ4v) is 4.68. The van der Waals surface area contributed by atoms with E-state index in [0.29, 0.717) is 23.7 Å². The first kappa shape index (κ1) is 19.9. The molecule has 160 valence electrons. The van der Waals surface area contributed by atoms with Gasteiger partial charge in [-0.3, -0.25) is 4.79 Å². The molecule has 0 bridgehead atoms. The molecule has 3 aromatic heterocycles. The Kier molecular flexibility index (Phi) is 4.85. The molecule has 1 fully saturated rings. The number of imidazole rings is 1. The van der Waals surface area contributed by atoms with Crippen molar-refractivity contribution < 1.29 is 9.18 Å². The van der Waals surface area contributed by atoms with Gasteiger partial charge in [0.15, 0.2) is 17.2 Å². The van der Waals surface area contributed by atoms with Gasteiger partial charge in [-0.2, -0.15) is 0 Å². The monoisotopic (exact) mass is 419 g/mol. The second kappa shape index (κ2) is 7.57. The molecule has 7 heteroatoms. The van der Waals surface area contributed by atoms with Crippen molar-refractivity contribution >= 4 is 28.9 Å². The Labute approximate surface area is 181 Å². The molecule has 2 aliphatic rings. The van der Waals surface area contributed by atoms with Gasteiger partial charge in [0.05, 0.1) is 11.4 Å². The van der Waals surface area contributed by atoms with Gasteiger partial charge >= 0.3 is 0 Å². The number of pyridine rings is 2. The maximum atomic E-state index is 14.1. The Bertz CT molecular complexity index is 1200. The number of hydrogen-bond donors (Lipinski definition) is 0. The van der Waals surface area contributed by atoms with Crippen LogP contribution in [-0.4, -0.2) is 57.8 Å². The largest absolute Gasteiger partial charge is 0.351 e. The first-order valence-electron chi connectivity index (χ1n) is 10.8. The summed E-state index contributed by atoms with van der Waals surface area (Å²) in [7, 11) is 2.14. The smallest absolute Gasteiger partial charge is 0.173 e. The van der Waals surface area contributed by atoms with Crippen molar-refractivity contribution in [1.29, 1.82) is 0 Å². The lowest BCUT2D eigenvalue weighted by Crippen LogP contribution is -2.50. The molecule has 5 rings (SSSR count). The molecule has 0 aromatic carbocycles. The fourth-order valence-electron chi connectivity index (χ4n) is 4.68. The molecule has 4 heterocycles. The predicted molar refractivity (Wildman–Crippen MR) is 120 cm³/mol. The van der Waals surface area contributed by atoms with Gasteiger partial charge in [-0.15, -0.1) is 0 Å². The van der Waals surface area contributed by atoms with Crippen LogP contribution in [0.4, 0.5) is 10.2 Å². The summed E-state index contributed by atoms with van der Waals surface area (Å²) in [5.41, 5.74) is 3.09. The van der Waals surface area contributed by atoms with Crippen molar-refractivity contribution in [3.05, 3.63) is 59.4 Å². The Morgan fingerprint density at radius 2 is 1.97 bits per heavy atom. The maximum absolute atomic E-state index is 14.1. The molecular formula is C24H26FN5O. The number of piperazine rings is 1. The van der Waals surface area contributed by atoms with E-state index in [9.17, 15) is 9.18 Å². The SMILES string of the molecule is CC1CC(=O)C(c2cn3cccc(F)c3n2)=Cc2ccc(N3CCN(C)C[C@@H]3C)nc21. The summed E-state index contributed by atoms with van der Waals surface area (Å²) in [4.78, 5) is 27.1. The third kappa shape index (κ3) is 3.53. The van der Waals surface area contributed by atoms with Crippen molar-refractivity contribution in [1.82, 2.24) is 19.3 Å². The fraction of sp³-hybridized carbons (Fsp3) is 0.375. The van der Waals surface area contributed by atoms with Gasteiger partial charge in [-0.1, -0.05) is 6.92 Å². The third-order valence-electron chi connectivity index (χ3n) is 6.34. The van der Waals surface area contributed by atoms with Gasteiger partial charge in [0.2, 0.25) is 0 Å². The molecule has 0 amide bonds. The van der Waals surface area contributed by atoms with E-state index in [4.69, 9.17) is 4.98 Å². The van der Waals surface area contributed by atoms with E-state index in [2.05, 4.69) is 28.8 Å². The van der Waals surface area contributed by atoms with E-state index in [1.54, 1.807) is 22.9 Å². The molecule has 6 nitrogen and oxygen atoms in total. The molecule has 1 aliphatic heterocycles. The van der Waals surface area contributed by atoms with Crippen LogP contribution < -0.4 is 4.90 Å². The van der Waals surface area contributed by atoms with E-state index < -0.39 is 5.82 Å². The number of ketones is 1. The Morgan fingerprint density at radius 1 is 1.13 bits per heavy atom. The van der Waals surface area contributed by atoms with Gasteiger partial charge in [0, 0.05) is 56.0 Å². The van der Waals surface area contributed by atoms with Crippen molar-refractivity contribution in [3.8, 4) is 0 Å². The summed E-state index contributed by atoms with van der Waals surface area (Å²) in [5, 5.41) is 0. The topological polar surface area (TPSA) is 53.7 Å². The van der Waals surface area contributed by atoms with Gasteiger partial charge in [0.1, 0.15) is 5.82 Å². The van der Waals surface area contributed by atoms with Crippen LogP contribution in [0.15, 0.2) is 36.7 Å². The highest BCUT2D eigenvalue weighted by Gasteiger charge is 2.28. The number of anilines is 1. The van der Waals surface area contributed by atoms with Crippen molar-refractivity contribution in [2.75, 3.05) is 31.6 Å². The number of hydrogen-bond acceptors (Lipinski definition) is 5. The van der Waals surface area contributed by atoms with Gasteiger partial charge in [-0.25, -0.2) is 14.4 Å². The Hall–Kier alpha value is -3.06. The number of carbonyl (C=O) groups excluding carboxylic acids is 1. The van der Waals surface area contributed by atoms with E-state index >= 15 is 0 Å². The highest BCUT2D eigenvalue weighted by molar-refractivity contribution is 6.25. The summed E-state index contributed by atoms with van der Waals surface area (Å²) in [6.07, 6.45) is 5.67. The quantitative estimate of drug-likeness (QED) is 0.635. The minimum absolute atomic E-state index is 0.00355. The average Bonchev–Trinajstić information content (AvgIpc) is 3.12. The molecular weight excluding hydrogens is 393 g/mol. The lowest BCUT2D eigenvalue weighted by molar-refractivity contribution is -0.114. The summed E-state index contributed by atoms with van der Waals surface area (Å²) in [6.45, 7) is 7.20. The molecule has 1 unspecified atom stereocenters. The first-order valence-corrected chi connectivity index (χ1v) is 10.8. The van der Waals surface area contributed by atoms with Crippen molar-refractivity contribution in [2.45, 2.75) is 32.2 Å². The van der Waals surface area contributed by atoms with Crippen LogP contribution in [0.3, 0.4) is 0 Å². The lowest BCUT2D eigenvalue weighted by Gasteiger charge is -2.39. The summed E-state index contributed by atoms with van der Waals surface area (Å²) < 4.78 is 15.7. The number of carbonyl (C=O) groups is 1. The standard InChI is InChI=1S/C24H26FN5O/c1-15-11-21(31)18(20-14-29-8-4-5-19(25)24(29)26-20)12-17-6-7-22(27-23(15)17)30-10-9-28(3)13-16(30)2/h4-8,12,14-16H,9-11,13H2,1-3H3/t15?,16-/m0/s1. The third-order valence-corrected chi connectivity index (χ3v) is 6.34. The number of rotatable bonds is 2. The number of halogens is 1. The van der Waals surface area contributed by atoms with E-state index in [1.807, 2.05) is 25.1 Å². The minimum Gasteiger partial charge on any atom is -0.351 e. The molecule has 3 aromatic rings. The lowest BCUT2D eigenvalue weighted by atomic mass is 9.98. The molecule has 1 aliphatic carbocycles. The molecule has 0 saturated carbocycles. The zero-order chi connectivity index (χ0) is 21.7. The zero-order valence-electron chi connectivity index (χ0n) is 18.0. The first-order chi connectivity index (χ1) is 14.9. The minimum atomic E-state index is -0.406. The second-order valence-electron chi connectivity index (χ2n) is 8.75. The van der Waals surface area contributed by atoms with Crippen LogP contribution in [0.25, 0.3) is 17.3 Å². The van der Waals surface area contributed by atoms with Gasteiger partial charge in [-0.05, 0) is 49.9 Å². The van der Waals surface area contributed by atoms with Gasteiger partial charge < -0.3 is 14.2 Å². The highest BCUT2D eigenvalue weighted by Crippen LogP contribution is 2.34. The number of allylic oxidation sites excluding steroid dienone is 1. The summed E-state index contributed by atoms with van der Waals surface area (Å²) in [6, 6.07) is 7.47. The Balaban J connectivity index is 1.55. The number of aromatic nitrogens is 3. The zero-order valence-corrected chi connectivity index (χ0v) is 18.0. The molecule has 2 atom stereocenters. The van der Waals surface area contributed by atoms with E-state index in [0.717, 1.165) is 36.7 Å². The number of Topliss-reactive ketones (excluding diaryl/α,β-unsaturated/α-hetero) is 1. The van der Waals surface area contributed by atoms with Crippen LogP contribution in [0.1, 0.15) is 43.1 Å². The molecule has 0 N–H and O–H groups in total. The molecule has 0 radical (unpaired) electrons. The highest BCUT2D eigenvalue weighted by atomic mass is 19.1. The van der Waals surface area contributed by atoms with Crippen LogP contribution in [-0.2, 0) is 4.79 Å².